The van der Waals surface area contributed by atoms with Crippen LogP contribution in [0.5, 0.6) is 11.5 Å². The standard InChI is InChI=1S/C19H19N3O5S/c1-3-11-4-6-13(7-5-11)20-19-21-18(24)16(28-19)9-12-8-14(22(25)26)10-15(27-2)17(12)23/h4-10,19-20,23H,3H2,1-2H3,(H,21,24). The summed E-state index contributed by atoms with van der Waals surface area (Å²) < 4.78 is 4.98. The molecule has 1 amide bonds. The molecule has 0 aliphatic carbocycles. The molecule has 0 spiro atoms. The molecule has 0 saturated carbocycles. The fourth-order valence-electron chi connectivity index (χ4n) is 2.68. The molecule has 1 aliphatic rings. The van der Waals surface area contributed by atoms with Crippen LogP contribution >= 0.6 is 11.8 Å². The SMILES string of the molecule is CCc1ccc(NC2NC(=O)C(=Cc3cc([N+](=O)[O-])cc(OC)c3O)S2)cc1. The Morgan fingerprint density at radius 2 is 2.07 bits per heavy atom. The molecule has 8 nitrogen and oxygen atoms in total. The monoisotopic (exact) mass is 401 g/mol. The number of thioether (sulfide) groups is 1. The minimum atomic E-state index is -0.587. The molecule has 0 aromatic heterocycles. The number of hydrogen-bond acceptors (Lipinski definition) is 7. The summed E-state index contributed by atoms with van der Waals surface area (Å²) in [5.41, 5.74) is 1.57. The third-order valence-corrected chi connectivity index (χ3v) is 5.23. The van der Waals surface area contributed by atoms with E-state index >= 15 is 0 Å². The smallest absolute Gasteiger partial charge is 0.274 e. The van der Waals surface area contributed by atoms with Crippen LogP contribution in [-0.4, -0.2) is 28.5 Å². The second-order valence-corrected chi connectivity index (χ2v) is 7.16. The predicted octanol–water partition coefficient (Wildman–Crippen LogP) is 3.47. The van der Waals surface area contributed by atoms with Gasteiger partial charge in [0.25, 0.3) is 11.6 Å². The second-order valence-electron chi connectivity index (χ2n) is 6.02. The van der Waals surface area contributed by atoms with Gasteiger partial charge in [-0.1, -0.05) is 30.8 Å². The van der Waals surface area contributed by atoms with Crippen LogP contribution in [0.3, 0.4) is 0 Å². The number of nitrogens with zero attached hydrogens (tertiary/aromatic N) is 1. The summed E-state index contributed by atoms with van der Waals surface area (Å²) in [6, 6.07) is 10.2. The molecule has 1 aliphatic heterocycles. The van der Waals surface area contributed by atoms with Crippen LogP contribution in [-0.2, 0) is 11.2 Å². The van der Waals surface area contributed by atoms with Gasteiger partial charge in [0, 0.05) is 17.3 Å². The number of amides is 1. The van der Waals surface area contributed by atoms with Gasteiger partial charge in [0.05, 0.1) is 23.0 Å². The number of nitrogens with one attached hydrogen (secondary N) is 2. The number of carbonyl (C=O) groups excluding carboxylic acids is 1. The Morgan fingerprint density at radius 3 is 2.68 bits per heavy atom. The highest BCUT2D eigenvalue weighted by Crippen LogP contribution is 2.38. The normalized spacial score (nSPS) is 17.4. The number of anilines is 1. The summed E-state index contributed by atoms with van der Waals surface area (Å²) in [5, 5.41) is 27.3. The van der Waals surface area contributed by atoms with Gasteiger partial charge in [-0.05, 0) is 30.2 Å². The molecule has 28 heavy (non-hydrogen) atoms. The second kappa shape index (κ2) is 8.22. The first-order chi connectivity index (χ1) is 13.4. The minimum absolute atomic E-state index is 0.0323. The van der Waals surface area contributed by atoms with E-state index in [9.17, 15) is 20.0 Å². The lowest BCUT2D eigenvalue weighted by Crippen LogP contribution is -2.30. The van der Waals surface area contributed by atoms with E-state index in [1.807, 2.05) is 24.3 Å². The molecule has 1 unspecified atom stereocenters. The molecular weight excluding hydrogens is 382 g/mol. The maximum atomic E-state index is 12.3. The lowest BCUT2D eigenvalue weighted by Gasteiger charge is -2.12. The summed E-state index contributed by atoms with van der Waals surface area (Å²) in [4.78, 5) is 23.1. The molecule has 2 aromatic carbocycles. The van der Waals surface area contributed by atoms with Gasteiger partial charge in [0.15, 0.2) is 17.0 Å². The number of aryl methyl sites for hydroxylation is 1. The number of ether oxygens (including phenoxy) is 1. The Kier molecular flexibility index (Phi) is 5.74. The van der Waals surface area contributed by atoms with E-state index in [4.69, 9.17) is 4.74 Å². The number of hydrogen-bond donors (Lipinski definition) is 3. The molecular formula is C19H19N3O5S. The first-order valence-corrected chi connectivity index (χ1v) is 9.39. The Hall–Kier alpha value is -3.20. The zero-order valence-corrected chi connectivity index (χ0v) is 16.1. The van der Waals surface area contributed by atoms with Crippen molar-refractivity contribution in [3.8, 4) is 11.5 Å². The van der Waals surface area contributed by atoms with Gasteiger partial charge in [0.1, 0.15) is 0 Å². The van der Waals surface area contributed by atoms with Crippen molar-refractivity contribution >= 4 is 35.1 Å². The van der Waals surface area contributed by atoms with Crippen LogP contribution in [0.4, 0.5) is 11.4 Å². The number of phenolic OH excluding ortho intramolecular Hbond substituents is 1. The minimum Gasteiger partial charge on any atom is -0.504 e. The molecule has 2 aromatic rings. The number of rotatable bonds is 6. The Morgan fingerprint density at radius 1 is 1.36 bits per heavy atom. The third-order valence-electron chi connectivity index (χ3n) is 4.20. The molecule has 1 fully saturated rings. The van der Waals surface area contributed by atoms with Crippen LogP contribution in [0.25, 0.3) is 6.08 Å². The molecule has 1 atom stereocenters. The van der Waals surface area contributed by atoms with Crippen molar-refractivity contribution in [1.82, 2.24) is 5.32 Å². The lowest BCUT2D eigenvalue weighted by atomic mass is 10.1. The average Bonchev–Trinajstić information content (AvgIpc) is 3.02. The van der Waals surface area contributed by atoms with Gasteiger partial charge < -0.3 is 20.5 Å². The van der Waals surface area contributed by atoms with Crippen molar-refractivity contribution in [2.45, 2.75) is 18.8 Å². The van der Waals surface area contributed by atoms with Crippen LogP contribution in [0.1, 0.15) is 18.1 Å². The molecule has 3 N–H and O–H groups in total. The summed E-state index contributed by atoms with van der Waals surface area (Å²) in [6.07, 6.45) is 2.35. The van der Waals surface area contributed by atoms with E-state index < -0.39 is 10.4 Å². The fraction of sp³-hybridized carbons (Fsp3) is 0.211. The van der Waals surface area contributed by atoms with Crippen molar-refractivity contribution < 1.29 is 19.6 Å². The van der Waals surface area contributed by atoms with Crippen LogP contribution in [0.2, 0.25) is 0 Å². The number of benzene rings is 2. The van der Waals surface area contributed by atoms with Crippen LogP contribution in [0.15, 0.2) is 41.3 Å². The van der Waals surface area contributed by atoms with E-state index in [1.165, 1.54) is 36.6 Å². The van der Waals surface area contributed by atoms with Gasteiger partial charge in [-0.25, -0.2) is 0 Å². The largest absolute Gasteiger partial charge is 0.504 e. The van der Waals surface area contributed by atoms with E-state index in [1.54, 1.807) is 0 Å². The number of carbonyl (C=O) groups is 1. The lowest BCUT2D eigenvalue weighted by molar-refractivity contribution is -0.385. The molecule has 1 saturated heterocycles. The first kappa shape index (κ1) is 19.6. The maximum absolute atomic E-state index is 12.3. The number of nitro groups is 1. The van der Waals surface area contributed by atoms with Crippen LogP contribution in [0, 0.1) is 10.1 Å². The van der Waals surface area contributed by atoms with Gasteiger partial charge in [0.2, 0.25) is 0 Å². The van der Waals surface area contributed by atoms with E-state index in [-0.39, 0.29) is 28.7 Å². The maximum Gasteiger partial charge on any atom is 0.274 e. The first-order valence-electron chi connectivity index (χ1n) is 8.51. The highest BCUT2D eigenvalue weighted by molar-refractivity contribution is 8.05. The van der Waals surface area contributed by atoms with Crippen molar-refractivity contribution in [3.63, 3.8) is 0 Å². The molecule has 0 bridgehead atoms. The summed E-state index contributed by atoms with van der Waals surface area (Å²) >= 11 is 1.22. The highest BCUT2D eigenvalue weighted by atomic mass is 32.2. The summed E-state index contributed by atoms with van der Waals surface area (Å²) in [7, 11) is 1.30. The van der Waals surface area contributed by atoms with Crippen molar-refractivity contribution in [1.29, 1.82) is 0 Å². The number of phenols is 1. The number of methoxy groups -OCH3 is 1. The molecule has 146 valence electrons. The number of aromatic hydroxyl groups is 1. The molecule has 0 radical (unpaired) electrons. The summed E-state index contributed by atoms with van der Waals surface area (Å²) in [6.45, 7) is 2.07. The number of nitro benzene ring substituents is 1. The topological polar surface area (TPSA) is 114 Å². The molecule has 3 rings (SSSR count). The summed E-state index contributed by atoms with van der Waals surface area (Å²) in [5.74, 6) is -0.631. The molecule has 9 heteroatoms. The Bertz CT molecular complexity index is 943. The van der Waals surface area contributed by atoms with Gasteiger partial charge in [-0.15, -0.1) is 0 Å². The van der Waals surface area contributed by atoms with Gasteiger partial charge in [-0.3, -0.25) is 14.9 Å². The van der Waals surface area contributed by atoms with E-state index in [2.05, 4.69) is 17.6 Å². The zero-order valence-electron chi connectivity index (χ0n) is 15.3. The van der Waals surface area contributed by atoms with Gasteiger partial charge in [-0.2, -0.15) is 0 Å². The quantitative estimate of drug-likeness (QED) is 0.386. The van der Waals surface area contributed by atoms with Crippen molar-refractivity contribution in [2.75, 3.05) is 12.4 Å². The van der Waals surface area contributed by atoms with Gasteiger partial charge >= 0.3 is 0 Å². The molecule has 1 heterocycles. The number of non-ortho nitro benzene ring substituents is 1. The Labute approximate surface area is 165 Å². The third kappa shape index (κ3) is 4.20. The predicted molar refractivity (Wildman–Crippen MR) is 108 cm³/mol. The van der Waals surface area contributed by atoms with Crippen molar-refractivity contribution in [2.24, 2.45) is 0 Å². The van der Waals surface area contributed by atoms with E-state index in [0.717, 1.165) is 18.2 Å². The van der Waals surface area contributed by atoms with Crippen LogP contribution < -0.4 is 15.4 Å². The Balaban J connectivity index is 1.82. The fourth-order valence-corrected chi connectivity index (χ4v) is 3.66. The average molecular weight is 401 g/mol. The van der Waals surface area contributed by atoms with E-state index in [0.29, 0.717) is 4.91 Å². The zero-order chi connectivity index (χ0) is 20.3. The van der Waals surface area contributed by atoms with Crippen molar-refractivity contribution in [3.05, 3.63) is 62.5 Å². The highest BCUT2D eigenvalue weighted by Gasteiger charge is 2.28.